The number of benzene rings is 2. The molecular weight excluding hydrogens is 408 g/mol. The van der Waals surface area contributed by atoms with Crippen molar-refractivity contribution in [2.45, 2.75) is 59.4 Å². The van der Waals surface area contributed by atoms with Gasteiger partial charge >= 0.3 is 0 Å². The number of rotatable bonds is 5. The van der Waals surface area contributed by atoms with E-state index in [0.717, 1.165) is 49.5 Å². The monoisotopic (exact) mass is 444 g/mol. The van der Waals surface area contributed by atoms with Crippen LogP contribution in [0.1, 0.15) is 55.2 Å². The quantitative estimate of drug-likeness (QED) is 0.581. The number of nitrogens with one attached hydrogen (secondary N) is 1. The number of carbonyl (C=O) groups excluding carboxylic acids is 1. The summed E-state index contributed by atoms with van der Waals surface area (Å²) in [5, 5.41) is 3.05. The molecule has 2 aromatic carbocycles. The van der Waals surface area contributed by atoms with Crippen LogP contribution in [0, 0.1) is 25.7 Å². The van der Waals surface area contributed by atoms with Crippen LogP contribution in [0.15, 0.2) is 36.4 Å². The van der Waals surface area contributed by atoms with Gasteiger partial charge < -0.3 is 14.8 Å². The van der Waals surface area contributed by atoms with Crippen LogP contribution < -0.4 is 5.32 Å². The number of carbonyl (C=O) groups is 1. The predicted molar refractivity (Wildman–Crippen MR) is 135 cm³/mol. The molecule has 2 aliphatic rings. The van der Waals surface area contributed by atoms with Gasteiger partial charge in [-0.15, -0.1) is 0 Å². The lowest BCUT2D eigenvalue weighted by atomic mass is 10.0. The SMILES string of the molecule is Cc1ccc2c(c1)nc(C)n2C1CCN(C[C@@H]2Cc3ccc(NC(=O)C(C)C)cc3C2)CC1. The average Bonchev–Trinajstić information content (AvgIpc) is 3.32. The summed E-state index contributed by atoms with van der Waals surface area (Å²) in [6, 6.07) is 13.7. The third-order valence-electron chi connectivity index (χ3n) is 7.48. The van der Waals surface area contributed by atoms with Gasteiger partial charge in [-0.3, -0.25) is 4.79 Å². The third kappa shape index (κ3) is 4.56. The zero-order valence-corrected chi connectivity index (χ0v) is 20.4. The predicted octanol–water partition coefficient (Wildman–Crippen LogP) is 5.30. The number of hydrogen-bond donors (Lipinski definition) is 1. The Balaban J connectivity index is 1.18. The highest BCUT2D eigenvalue weighted by molar-refractivity contribution is 5.92. The molecule has 5 rings (SSSR count). The van der Waals surface area contributed by atoms with E-state index < -0.39 is 0 Å². The number of aryl methyl sites for hydroxylation is 2. The van der Waals surface area contributed by atoms with E-state index in [9.17, 15) is 4.79 Å². The molecule has 2 heterocycles. The first-order chi connectivity index (χ1) is 15.9. The Labute approximate surface area is 197 Å². The summed E-state index contributed by atoms with van der Waals surface area (Å²) < 4.78 is 2.48. The van der Waals surface area contributed by atoms with E-state index in [4.69, 9.17) is 4.98 Å². The minimum Gasteiger partial charge on any atom is -0.326 e. The maximum Gasteiger partial charge on any atom is 0.226 e. The summed E-state index contributed by atoms with van der Waals surface area (Å²) in [6.07, 6.45) is 4.64. The van der Waals surface area contributed by atoms with E-state index in [2.05, 4.69) is 65.0 Å². The minimum atomic E-state index is 0.00199. The van der Waals surface area contributed by atoms with E-state index in [1.54, 1.807) is 0 Å². The minimum absolute atomic E-state index is 0.00199. The summed E-state index contributed by atoms with van der Waals surface area (Å²) in [4.78, 5) is 19.5. The highest BCUT2D eigenvalue weighted by Gasteiger charge is 2.28. The van der Waals surface area contributed by atoms with Gasteiger partial charge in [0.25, 0.3) is 0 Å². The molecule has 1 saturated heterocycles. The molecule has 0 radical (unpaired) electrons. The normalized spacial score (nSPS) is 19.4. The van der Waals surface area contributed by atoms with E-state index in [1.807, 2.05) is 13.8 Å². The first-order valence-electron chi connectivity index (χ1n) is 12.5. The summed E-state index contributed by atoms with van der Waals surface area (Å²) in [5.41, 5.74) is 7.48. The molecule has 5 nitrogen and oxygen atoms in total. The van der Waals surface area contributed by atoms with E-state index in [1.165, 1.54) is 35.0 Å². The maximum atomic E-state index is 12.0. The summed E-state index contributed by atoms with van der Waals surface area (Å²) in [7, 11) is 0. The summed E-state index contributed by atoms with van der Waals surface area (Å²) >= 11 is 0. The van der Waals surface area contributed by atoms with E-state index >= 15 is 0 Å². The molecule has 0 saturated carbocycles. The van der Waals surface area contributed by atoms with Crippen molar-refractivity contribution in [3.63, 3.8) is 0 Å². The smallest absolute Gasteiger partial charge is 0.226 e. The third-order valence-corrected chi connectivity index (χ3v) is 7.48. The Kier molecular flexibility index (Phi) is 6.00. The number of aromatic nitrogens is 2. The summed E-state index contributed by atoms with van der Waals surface area (Å²) in [6.45, 7) is 11.6. The van der Waals surface area contributed by atoms with Crippen molar-refractivity contribution >= 4 is 22.6 Å². The molecule has 1 amide bonds. The number of imidazole rings is 1. The van der Waals surface area contributed by atoms with Crippen LogP contribution >= 0.6 is 0 Å². The van der Waals surface area contributed by atoms with Gasteiger partial charge in [-0.2, -0.15) is 0 Å². The number of amides is 1. The molecule has 174 valence electrons. The Morgan fingerprint density at radius 3 is 2.58 bits per heavy atom. The molecule has 1 atom stereocenters. The van der Waals surface area contributed by atoms with Crippen molar-refractivity contribution in [2.24, 2.45) is 11.8 Å². The van der Waals surface area contributed by atoms with Crippen LogP contribution in [0.25, 0.3) is 11.0 Å². The fourth-order valence-electron chi connectivity index (χ4n) is 5.72. The van der Waals surface area contributed by atoms with Gasteiger partial charge in [0.15, 0.2) is 0 Å². The molecule has 0 spiro atoms. The molecule has 5 heteroatoms. The molecular formula is C28H36N4O. The van der Waals surface area contributed by atoms with Gasteiger partial charge in [0.2, 0.25) is 5.91 Å². The van der Waals surface area contributed by atoms with Gasteiger partial charge in [-0.25, -0.2) is 4.98 Å². The second-order valence-electron chi connectivity index (χ2n) is 10.5. The van der Waals surface area contributed by atoms with E-state index in [-0.39, 0.29) is 11.8 Å². The van der Waals surface area contributed by atoms with Gasteiger partial charge in [-0.05, 0) is 86.4 Å². The van der Waals surface area contributed by atoms with Crippen LogP contribution in [-0.2, 0) is 17.6 Å². The van der Waals surface area contributed by atoms with Gasteiger partial charge in [0.1, 0.15) is 5.82 Å². The highest BCUT2D eigenvalue weighted by atomic mass is 16.1. The van der Waals surface area contributed by atoms with Gasteiger partial charge in [-0.1, -0.05) is 26.0 Å². The Bertz CT molecular complexity index is 1170. The number of piperidine rings is 1. The highest BCUT2D eigenvalue weighted by Crippen LogP contribution is 2.33. The van der Waals surface area contributed by atoms with Crippen LogP contribution in [0.3, 0.4) is 0 Å². The maximum absolute atomic E-state index is 12.0. The molecule has 0 bridgehead atoms. The fraction of sp³-hybridized carbons (Fsp3) is 0.500. The van der Waals surface area contributed by atoms with Gasteiger partial charge in [0, 0.05) is 37.3 Å². The summed E-state index contributed by atoms with van der Waals surface area (Å²) in [5.74, 6) is 1.90. The number of likely N-dealkylation sites (tertiary alicyclic amines) is 1. The number of nitrogens with zero attached hydrogens (tertiary/aromatic N) is 3. The van der Waals surface area contributed by atoms with Crippen molar-refractivity contribution in [1.82, 2.24) is 14.5 Å². The molecule has 1 aromatic heterocycles. The standard InChI is InChI=1S/C28H36N4O/c1-18(2)28(33)30-24-7-6-22-14-21(15-23(22)16-24)17-31-11-9-25(10-12-31)32-20(4)29-26-13-19(3)5-8-27(26)32/h5-8,13,16,18,21,25H,9-12,14-15,17H2,1-4H3,(H,30,33)/t21-/m1/s1. The fourth-order valence-corrected chi connectivity index (χ4v) is 5.72. The van der Waals surface area contributed by atoms with Crippen molar-refractivity contribution in [1.29, 1.82) is 0 Å². The lowest BCUT2D eigenvalue weighted by molar-refractivity contribution is -0.118. The van der Waals surface area contributed by atoms with E-state index in [0.29, 0.717) is 12.0 Å². The van der Waals surface area contributed by atoms with Crippen molar-refractivity contribution < 1.29 is 4.79 Å². The average molecular weight is 445 g/mol. The van der Waals surface area contributed by atoms with Crippen LogP contribution in [0.2, 0.25) is 0 Å². The lowest BCUT2D eigenvalue weighted by Crippen LogP contribution is -2.38. The number of hydrogen-bond acceptors (Lipinski definition) is 3. The van der Waals surface area contributed by atoms with Crippen LogP contribution in [-0.4, -0.2) is 40.0 Å². The first-order valence-corrected chi connectivity index (χ1v) is 12.5. The number of anilines is 1. The zero-order chi connectivity index (χ0) is 23.1. The largest absolute Gasteiger partial charge is 0.326 e. The molecule has 3 aromatic rings. The topological polar surface area (TPSA) is 50.2 Å². The second kappa shape index (κ2) is 8.94. The van der Waals surface area contributed by atoms with Crippen LogP contribution in [0.5, 0.6) is 0 Å². The second-order valence-corrected chi connectivity index (χ2v) is 10.5. The number of fused-ring (bicyclic) bond motifs is 2. The van der Waals surface area contributed by atoms with Gasteiger partial charge in [0.05, 0.1) is 11.0 Å². The Hall–Kier alpha value is -2.66. The van der Waals surface area contributed by atoms with Crippen molar-refractivity contribution in [3.05, 3.63) is 58.9 Å². The van der Waals surface area contributed by atoms with Crippen molar-refractivity contribution in [3.8, 4) is 0 Å². The lowest BCUT2D eigenvalue weighted by Gasteiger charge is -2.34. The molecule has 1 N–H and O–H groups in total. The zero-order valence-electron chi connectivity index (χ0n) is 20.4. The first kappa shape index (κ1) is 22.1. The Morgan fingerprint density at radius 2 is 1.82 bits per heavy atom. The molecule has 1 fully saturated rings. The van der Waals surface area contributed by atoms with Crippen LogP contribution in [0.4, 0.5) is 5.69 Å². The molecule has 0 unspecified atom stereocenters. The Morgan fingerprint density at radius 1 is 1.06 bits per heavy atom. The van der Waals surface area contributed by atoms with Crippen molar-refractivity contribution in [2.75, 3.05) is 25.0 Å². The molecule has 1 aliphatic carbocycles. The molecule has 33 heavy (non-hydrogen) atoms. The molecule has 1 aliphatic heterocycles.